The summed E-state index contributed by atoms with van der Waals surface area (Å²) in [5.41, 5.74) is 3.10. The molecule has 2 aromatic carbocycles. The number of anilines is 1. The molecule has 0 bridgehead atoms. The van der Waals surface area contributed by atoms with Gasteiger partial charge in [-0.2, -0.15) is 0 Å². The number of amides is 1. The van der Waals surface area contributed by atoms with Gasteiger partial charge in [0.2, 0.25) is 5.91 Å². The fourth-order valence-electron chi connectivity index (χ4n) is 4.96. The van der Waals surface area contributed by atoms with Crippen molar-refractivity contribution in [3.05, 3.63) is 65.7 Å². The number of nitrogens with one attached hydrogen (secondary N) is 1. The molecule has 0 saturated carbocycles. The van der Waals surface area contributed by atoms with Gasteiger partial charge in [0.1, 0.15) is 5.60 Å². The lowest BCUT2D eigenvalue weighted by atomic mass is 9.75. The molecule has 2 aliphatic rings. The Bertz CT molecular complexity index is 868. The summed E-state index contributed by atoms with van der Waals surface area (Å²) in [6, 6.07) is 18.7. The maximum Gasteiger partial charge on any atom is 0.221 e. The normalized spacial score (nSPS) is 26.8. The molecule has 4 rings (SSSR count). The second-order valence-corrected chi connectivity index (χ2v) is 9.37. The summed E-state index contributed by atoms with van der Waals surface area (Å²) in [4.78, 5) is 13.7. The molecule has 2 fully saturated rings. The quantitative estimate of drug-likeness (QED) is 0.762. The van der Waals surface area contributed by atoms with Crippen molar-refractivity contribution in [2.45, 2.75) is 45.4 Å². The first-order valence-corrected chi connectivity index (χ1v) is 11.3. The fraction of sp³-hybridized carbons (Fsp3) is 0.500. The molecule has 31 heavy (non-hydrogen) atoms. The van der Waals surface area contributed by atoms with Crippen molar-refractivity contribution in [1.29, 1.82) is 0 Å². The average Bonchev–Trinajstić information content (AvgIpc) is 2.75. The van der Waals surface area contributed by atoms with Crippen molar-refractivity contribution < 1.29 is 14.3 Å². The van der Waals surface area contributed by atoms with Crippen LogP contribution in [0.1, 0.15) is 44.4 Å². The first kappa shape index (κ1) is 22.0. The van der Waals surface area contributed by atoms with Crippen LogP contribution >= 0.6 is 0 Å². The van der Waals surface area contributed by atoms with Gasteiger partial charge in [-0.1, -0.05) is 56.3 Å². The maximum atomic E-state index is 11.2. The van der Waals surface area contributed by atoms with Gasteiger partial charge in [0.15, 0.2) is 0 Å². The van der Waals surface area contributed by atoms with Gasteiger partial charge in [-0.05, 0) is 41.5 Å². The van der Waals surface area contributed by atoms with Crippen LogP contribution in [0, 0.1) is 11.8 Å². The van der Waals surface area contributed by atoms with Gasteiger partial charge >= 0.3 is 0 Å². The van der Waals surface area contributed by atoms with Crippen molar-refractivity contribution in [3.63, 3.8) is 0 Å². The SMILES string of the molecule is CC(=O)Nc1ccc(CN2CCO[C@]3(CO[C@@H](c4ccccc4)[C@H](C(C)C)C3)C2)cc1. The Morgan fingerprint density at radius 1 is 1.16 bits per heavy atom. The van der Waals surface area contributed by atoms with Crippen LogP contribution in [0.2, 0.25) is 0 Å². The molecular formula is C26H34N2O3. The third-order valence-corrected chi connectivity index (χ3v) is 6.51. The molecule has 5 heteroatoms. The molecule has 2 aromatic rings. The van der Waals surface area contributed by atoms with E-state index in [0.717, 1.165) is 38.3 Å². The molecule has 166 valence electrons. The Labute approximate surface area is 185 Å². The lowest BCUT2D eigenvalue weighted by Crippen LogP contribution is -2.58. The number of hydrogen-bond acceptors (Lipinski definition) is 4. The summed E-state index contributed by atoms with van der Waals surface area (Å²) in [6.07, 6.45) is 1.15. The number of morpholine rings is 1. The maximum absolute atomic E-state index is 11.2. The van der Waals surface area contributed by atoms with E-state index in [0.29, 0.717) is 18.4 Å². The van der Waals surface area contributed by atoms with E-state index in [1.54, 1.807) is 0 Å². The molecule has 3 atom stereocenters. The summed E-state index contributed by atoms with van der Waals surface area (Å²) in [5, 5.41) is 2.83. The predicted molar refractivity (Wildman–Crippen MR) is 123 cm³/mol. The minimum absolute atomic E-state index is 0.0475. The number of hydrogen-bond donors (Lipinski definition) is 1. The molecular weight excluding hydrogens is 388 g/mol. The van der Waals surface area contributed by atoms with E-state index in [1.807, 2.05) is 12.1 Å². The van der Waals surface area contributed by atoms with E-state index < -0.39 is 0 Å². The largest absolute Gasteiger partial charge is 0.370 e. The number of rotatable bonds is 5. The van der Waals surface area contributed by atoms with Gasteiger partial charge in [-0.15, -0.1) is 0 Å². The first-order chi connectivity index (χ1) is 14.9. The zero-order valence-electron chi connectivity index (χ0n) is 18.8. The van der Waals surface area contributed by atoms with Crippen molar-refractivity contribution >= 4 is 11.6 Å². The summed E-state index contributed by atoms with van der Waals surface area (Å²) in [5.74, 6) is 0.893. The number of benzene rings is 2. The minimum Gasteiger partial charge on any atom is -0.370 e. The Balaban J connectivity index is 1.43. The van der Waals surface area contributed by atoms with E-state index >= 15 is 0 Å². The van der Waals surface area contributed by atoms with Crippen LogP contribution in [0.4, 0.5) is 5.69 Å². The number of carbonyl (C=O) groups excluding carboxylic acids is 1. The highest BCUT2D eigenvalue weighted by Gasteiger charge is 2.46. The molecule has 2 aliphatic heterocycles. The Morgan fingerprint density at radius 2 is 1.90 bits per heavy atom. The number of nitrogens with zero attached hydrogens (tertiary/aromatic N) is 1. The minimum atomic E-state index is -0.241. The number of ether oxygens (including phenoxy) is 2. The summed E-state index contributed by atoms with van der Waals surface area (Å²) < 4.78 is 12.9. The van der Waals surface area contributed by atoms with Crippen molar-refractivity contribution in [3.8, 4) is 0 Å². The second kappa shape index (κ2) is 9.51. The monoisotopic (exact) mass is 422 g/mol. The molecule has 0 aromatic heterocycles. The summed E-state index contributed by atoms with van der Waals surface area (Å²) >= 11 is 0. The highest BCUT2D eigenvalue weighted by atomic mass is 16.6. The topological polar surface area (TPSA) is 50.8 Å². The Morgan fingerprint density at radius 3 is 2.58 bits per heavy atom. The molecule has 0 aliphatic carbocycles. The van der Waals surface area contributed by atoms with Gasteiger partial charge in [-0.3, -0.25) is 9.69 Å². The lowest BCUT2D eigenvalue weighted by Gasteiger charge is -2.50. The van der Waals surface area contributed by atoms with Crippen LogP contribution in [-0.4, -0.2) is 42.7 Å². The molecule has 1 N–H and O–H groups in total. The van der Waals surface area contributed by atoms with Crippen LogP contribution in [0.25, 0.3) is 0 Å². The molecule has 1 spiro atoms. The van der Waals surface area contributed by atoms with Crippen LogP contribution in [0.3, 0.4) is 0 Å². The summed E-state index contributed by atoms with van der Waals surface area (Å²) in [6.45, 7) is 10.1. The zero-order valence-corrected chi connectivity index (χ0v) is 18.8. The van der Waals surface area contributed by atoms with E-state index in [-0.39, 0.29) is 17.6 Å². The van der Waals surface area contributed by atoms with Crippen LogP contribution in [0.5, 0.6) is 0 Å². The predicted octanol–water partition coefficient (Wildman–Crippen LogP) is 4.65. The van der Waals surface area contributed by atoms with Gasteiger partial charge in [0.25, 0.3) is 0 Å². The molecule has 0 unspecified atom stereocenters. The molecule has 5 nitrogen and oxygen atoms in total. The van der Waals surface area contributed by atoms with Gasteiger partial charge in [-0.25, -0.2) is 0 Å². The third-order valence-electron chi connectivity index (χ3n) is 6.51. The van der Waals surface area contributed by atoms with Crippen molar-refractivity contribution in [2.75, 3.05) is 31.6 Å². The zero-order chi connectivity index (χ0) is 21.8. The highest BCUT2D eigenvalue weighted by molar-refractivity contribution is 5.88. The van der Waals surface area contributed by atoms with E-state index in [9.17, 15) is 4.79 Å². The molecule has 1 amide bonds. The van der Waals surface area contributed by atoms with Crippen molar-refractivity contribution in [1.82, 2.24) is 4.90 Å². The molecule has 2 saturated heterocycles. The van der Waals surface area contributed by atoms with Gasteiger partial charge in [0.05, 0.1) is 19.3 Å². The van der Waals surface area contributed by atoms with E-state index in [1.165, 1.54) is 18.1 Å². The third kappa shape index (κ3) is 5.35. The second-order valence-electron chi connectivity index (χ2n) is 9.37. The Hall–Kier alpha value is -2.21. The van der Waals surface area contributed by atoms with Crippen molar-refractivity contribution in [2.24, 2.45) is 11.8 Å². The van der Waals surface area contributed by atoms with E-state index in [2.05, 4.69) is 66.5 Å². The van der Waals surface area contributed by atoms with Crippen LogP contribution in [0.15, 0.2) is 54.6 Å². The Kier molecular flexibility index (Phi) is 6.75. The average molecular weight is 423 g/mol. The lowest BCUT2D eigenvalue weighted by molar-refractivity contribution is -0.211. The first-order valence-electron chi connectivity index (χ1n) is 11.3. The molecule has 0 radical (unpaired) electrons. The highest BCUT2D eigenvalue weighted by Crippen LogP contribution is 2.44. The van der Waals surface area contributed by atoms with Gasteiger partial charge < -0.3 is 14.8 Å². The standard InChI is InChI=1S/C26H34N2O3/c1-19(2)24-15-26(18-30-25(24)22-7-5-4-6-8-22)17-28(13-14-31-26)16-21-9-11-23(12-10-21)27-20(3)29/h4-12,19,24-25H,13-18H2,1-3H3,(H,27,29)/t24-,25-,26-/m0/s1. The smallest absolute Gasteiger partial charge is 0.221 e. The summed E-state index contributed by atoms with van der Waals surface area (Å²) in [7, 11) is 0. The fourth-order valence-corrected chi connectivity index (χ4v) is 4.96. The van der Waals surface area contributed by atoms with Crippen LogP contribution in [-0.2, 0) is 20.8 Å². The molecule has 2 heterocycles. The van der Waals surface area contributed by atoms with Crippen LogP contribution < -0.4 is 5.32 Å². The van der Waals surface area contributed by atoms with Gasteiger partial charge in [0, 0.05) is 32.2 Å². The van der Waals surface area contributed by atoms with E-state index in [4.69, 9.17) is 9.47 Å². The number of carbonyl (C=O) groups is 1.